The van der Waals surface area contributed by atoms with Crippen molar-refractivity contribution in [2.45, 2.75) is 45.3 Å². The Balaban J connectivity index is 2.55. The molecule has 20 heavy (non-hydrogen) atoms. The summed E-state index contributed by atoms with van der Waals surface area (Å²) in [7, 11) is 0. The van der Waals surface area contributed by atoms with E-state index in [1.54, 1.807) is 0 Å². The van der Waals surface area contributed by atoms with E-state index in [1.807, 2.05) is 20.8 Å². The molecule has 0 aromatic carbocycles. The van der Waals surface area contributed by atoms with Crippen LogP contribution < -0.4 is 10.6 Å². The number of amides is 2. The first-order chi connectivity index (χ1) is 9.29. The molecule has 0 aromatic heterocycles. The molecule has 0 saturated heterocycles. The molecule has 1 aliphatic rings. The van der Waals surface area contributed by atoms with Crippen LogP contribution in [0, 0.1) is 5.41 Å². The standard InChI is InChI=1S/C13H24N2O5/c1-4-20-9-7-13(8-16,12(9,2)3)15-11(19)14-6-5-10(17)18/h9,16H,4-8H2,1-3H3,(H,17,18)(H2,14,15,19). The van der Waals surface area contributed by atoms with Gasteiger partial charge < -0.3 is 25.6 Å². The Kier molecular flexibility index (Phi) is 5.35. The molecule has 7 nitrogen and oxygen atoms in total. The molecular formula is C13H24N2O5. The fourth-order valence-electron chi connectivity index (χ4n) is 2.54. The van der Waals surface area contributed by atoms with E-state index >= 15 is 0 Å². The SMILES string of the molecule is CCOC1CC(CO)(NC(=O)NCCC(=O)O)C1(C)C. The highest BCUT2D eigenvalue weighted by Gasteiger charge is 2.61. The maximum atomic E-state index is 11.8. The first kappa shape index (κ1) is 16.7. The Bertz CT molecular complexity index is 372. The normalized spacial score (nSPS) is 27.5. The third kappa shape index (κ3) is 3.21. The van der Waals surface area contributed by atoms with E-state index in [0.29, 0.717) is 13.0 Å². The Morgan fingerprint density at radius 2 is 2.05 bits per heavy atom. The summed E-state index contributed by atoms with van der Waals surface area (Å²) in [6.45, 7) is 6.23. The van der Waals surface area contributed by atoms with Crippen molar-refractivity contribution in [1.82, 2.24) is 10.6 Å². The molecule has 4 N–H and O–H groups in total. The van der Waals surface area contributed by atoms with Crippen LogP contribution in [-0.2, 0) is 9.53 Å². The van der Waals surface area contributed by atoms with Crippen molar-refractivity contribution in [3.8, 4) is 0 Å². The number of urea groups is 1. The molecule has 1 aliphatic carbocycles. The Hall–Kier alpha value is -1.34. The van der Waals surface area contributed by atoms with Gasteiger partial charge in [0.2, 0.25) is 0 Å². The lowest BCUT2D eigenvalue weighted by molar-refractivity contribution is -0.172. The van der Waals surface area contributed by atoms with Crippen LogP contribution in [-0.4, -0.2) is 53.6 Å². The van der Waals surface area contributed by atoms with E-state index in [9.17, 15) is 14.7 Å². The van der Waals surface area contributed by atoms with Crippen LogP contribution >= 0.6 is 0 Å². The molecule has 0 bridgehead atoms. The highest BCUT2D eigenvalue weighted by atomic mass is 16.5. The first-order valence-corrected chi connectivity index (χ1v) is 6.79. The Morgan fingerprint density at radius 3 is 2.50 bits per heavy atom. The van der Waals surface area contributed by atoms with Gasteiger partial charge in [0.25, 0.3) is 0 Å². The smallest absolute Gasteiger partial charge is 0.315 e. The van der Waals surface area contributed by atoms with E-state index in [0.717, 1.165) is 0 Å². The lowest BCUT2D eigenvalue weighted by Crippen LogP contribution is -2.75. The average molecular weight is 288 g/mol. The molecule has 7 heteroatoms. The molecule has 1 fully saturated rings. The quantitative estimate of drug-likeness (QED) is 0.540. The summed E-state index contributed by atoms with van der Waals surface area (Å²) in [5.74, 6) is -0.970. The monoisotopic (exact) mass is 288 g/mol. The van der Waals surface area contributed by atoms with Gasteiger partial charge in [-0.25, -0.2) is 4.79 Å². The highest BCUT2D eigenvalue weighted by Crippen LogP contribution is 2.51. The molecule has 0 radical (unpaired) electrons. The van der Waals surface area contributed by atoms with Crippen LogP contribution in [0.25, 0.3) is 0 Å². The molecule has 0 heterocycles. The summed E-state index contributed by atoms with van der Waals surface area (Å²) in [6, 6.07) is -0.469. The number of aliphatic hydroxyl groups is 1. The van der Waals surface area contributed by atoms with Crippen LogP contribution in [0.15, 0.2) is 0 Å². The van der Waals surface area contributed by atoms with E-state index in [1.165, 1.54) is 0 Å². The number of aliphatic carboxylic acids is 1. The fourth-order valence-corrected chi connectivity index (χ4v) is 2.54. The number of carbonyl (C=O) groups is 2. The maximum Gasteiger partial charge on any atom is 0.315 e. The summed E-state index contributed by atoms with van der Waals surface area (Å²) in [5.41, 5.74) is -1.12. The first-order valence-electron chi connectivity index (χ1n) is 6.79. The van der Waals surface area contributed by atoms with Gasteiger partial charge in [0.15, 0.2) is 0 Å². The van der Waals surface area contributed by atoms with Crippen molar-refractivity contribution in [3.05, 3.63) is 0 Å². The molecule has 2 unspecified atom stereocenters. The number of aliphatic hydroxyl groups excluding tert-OH is 1. The summed E-state index contributed by atoms with van der Waals surface area (Å²) >= 11 is 0. The van der Waals surface area contributed by atoms with Crippen LogP contribution in [0.4, 0.5) is 4.79 Å². The van der Waals surface area contributed by atoms with Gasteiger partial charge in [0, 0.05) is 25.0 Å². The van der Waals surface area contributed by atoms with Crippen LogP contribution in [0.1, 0.15) is 33.6 Å². The van der Waals surface area contributed by atoms with Crippen molar-refractivity contribution < 1.29 is 24.5 Å². The largest absolute Gasteiger partial charge is 0.481 e. The number of ether oxygens (including phenoxy) is 1. The molecule has 2 atom stereocenters. The molecule has 0 aliphatic heterocycles. The van der Waals surface area contributed by atoms with Crippen LogP contribution in [0.5, 0.6) is 0 Å². The van der Waals surface area contributed by atoms with Gasteiger partial charge in [-0.3, -0.25) is 4.79 Å². The van der Waals surface area contributed by atoms with Crippen molar-refractivity contribution >= 4 is 12.0 Å². The number of carbonyl (C=O) groups excluding carboxylic acids is 1. The van der Waals surface area contributed by atoms with Crippen molar-refractivity contribution in [2.75, 3.05) is 19.8 Å². The van der Waals surface area contributed by atoms with E-state index in [4.69, 9.17) is 9.84 Å². The van der Waals surface area contributed by atoms with Gasteiger partial charge in [0.1, 0.15) is 0 Å². The lowest BCUT2D eigenvalue weighted by atomic mass is 9.54. The van der Waals surface area contributed by atoms with E-state index in [-0.39, 0.29) is 31.1 Å². The second-order valence-corrected chi connectivity index (χ2v) is 5.63. The second kappa shape index (κ2) is 6.41. The zero-order valence-electron chi connectivity index (χ0n) is 12.2. The highest BCUT2D eigenvalue weighted by molar-refractivity contribution is 5.76. The molecule has 116 valence electrons. The molecule has 1 rings (SSSR count). The summed E-state index contributed by atoms with van der Waals surface area (Å²) in [5, 5.41) is 23.4. The van der Waals surface area contributed by atoms with Gasteiger partial charge in [0.05, 0.1) is 24.7 Å². The van der Waals surface area contributed by atoms with Gasteiger partial charge in [-0.05, 0) is 6.92 Å². The van der Waals surface area contributed by atoms with Crippen LogP contribution in [0.2, 0.25) is 0 Å². The maximum absolute atomic E-state index is 11.8. The fraction of sp³-hybridized carbons (Fsp3) is 0.846. The number of carboxylic acids is 1. The van der Waals surface area contributed by atoms with Crippen molar-refractivity contribution in [2.24, 2.45) is 5.41 Å². The summed E-state index contributed by atoms with van der Waals surface area (Å²) in [6.07, 6.45) is 0.389. The minimum Gasteiger partial charge on any atom is -0.481 e. The minimum absolute atomic E-state index is 0.0148. The lowest BCUT2D eigenvalue weighted by Gasteiger charge is -2.60. The zero-order valence-corrected chi connectivity index (χ0v) is 12.2. The summed E-state index contributed by atoms with van der Waals surface area (Å²) in [4.78, 5) is 22.2. The van der Waals surface area contributed by atoms with Gasteiger partial charge >= 0.3 is 12.0 Å². The minimum atomic E-state index is -0.970. The predicted molar refractivity (Wildman–Crippen MR) is 72.4 cm³/mol. The number of rotatable bonds is 7. The Morgan fingerprint density at radius 1 is 1.40 bits per heavy atom. The third-order valence-electron chi connectivity index (χ3n) is 4.19. The second-order valence-electron chi connectivity index (χ2n) is 5.63. The van der Waals surface area contributed by atoms with Gasteiger partial charge in [-0.15, -0.1) is 0 Å². The van der Waals surface area contributed by atoms with E-state index in [2.05, 4.69) is 10.6 Å². The number of carboxylic acid groups (broad SMARTS) is 1. The van der Waals surface area contributed by atoms with Crippen molar-refractivity contribution in [3.63, 3.8) is 0 Å². The van der Waals surface area contributed by atoms with Crippen molar-refractivity contribution in [1.29, 1.82) is 0 Å². The summed E-state index contributed by atoms with van der Waals surface area (Å²) < 4.78 is 5.58. The molecule has 0 aromatic rings. The van der Waals surface area contributed by atoms with Gasteiger partial charge in [-0.1, -0.05) is 13.8 Å². The Labute approximate surface area is 118 Å². The molecule has 0 spiro atoms. The number of hydrogen-bond donors (Lipinski definition) is 4. The van der Waals surface area contributed by atoms with E-state index < -0.39 is 17.5 Å². The topological polar surface area (TPSA) is 108 Å². The van der Waals surface area contributed by atoms with Crippen LogP contribution in [0.3, 0.4) is 0 Å². The third-order valence-corrected chi connectivity index (χ3v) is 4.19. The van der Waals surface area contributed by atoms with Gasteiger partial charge in [-0.2, -0.15) is 0 Å². The number of nitrogens with one attached hydrogen (secondary N) is 2. The average Bonchev–Trinajstić information content (AvgIpc) is 2.36. The predicted octanol–water partition coefficient (Wildman–Crippen LogP) is 0.326. The molecule has 1 saturated carbocycles. The molecule has 2 amide bonds. The zero-order chi connectivity index (χ0) is 15.4. The number of hydrogen-bond acceptors (Lipinski definition) is 4. The molecular weight excluding hydrogens is 264 g/mol.